The highest BCUT2D eigenvalue weighted by atomic mass is 16.5. The lowest BCUT2D eigenvalue weighted by Gasteiger charge is -2.36. The van der Waals surface area contributed by atoms with Crippen LogP contribution in [-0.4, -0.2) is 49.4 Å². The van der Waals surface area contributed by atoms with Crippen molar-refractivity contribution in [3.8, 4) is 0 Å². The van der Waals surface area contributed by atoms with Gasteiger partial charge in [0, 0.05) is 13.7 Å². The van der Waals surface area contributed by atoms with Crippen molar-refractivity contribution >= 4 is 12.1 Å². The summed E-state index contributed by atoms with van der Waals surface area (Å²) in [6, 6.07) is 8.76. The molecule has 0 aliphatic carbocycles. The van der Waals surface area contributed by atoms with Gasteiger partial charge in [-0.2, -0.15) is 0 Å². The molecular formula is C15H21N3O4. The van der Waals surface area contributed by atoms with Crippen molar-refractivity contribution in [1.82, 2.24) is 10.2 Å². The topological polar surface area (TPSA) is 93.9 Å². The zero-order valence-corrected chi connectivity index (χ0v) is 12.5. The molecule has 1 aliphatic heterocycles. The fourth-order valence-corrected chi connectivity index (χ4v) is 2.44. The molecule has 1 fully saturated rings. The van der Waals surface area contributed by atoms with E-state index in [-0.39, 0.29) is 18.8 Å². The molecule has 7 heteroatoms. The number of urea groups is 1. The summed E-state index contributed by atoms with van der Waals surface area (Å²) in [5.74, 6) is 0. The first-order valence-electron chi connectivity index (χ1n) is 7.14. The predicted octanol–water partition coefficient (Wildman–Crippen LogP) is 1.08. The maximum Gasteiger partial charge on any atom is 0.407 e. The summed E-state index contributed by atoms with van der Waals surface area (Å²) in [6.07, 6.45) is -0.226. The summed E-state index contributed by atoms with van der Waals surface area (Å²) in [6.45, 7) is 1.05. The first-order chi connectivity index (χ1) is 10.6. The number of hydrogen-bond donors (Lipinski definition) is 2. The van der Waals surface area contributed by atoms with E-state index in [9.17, 15) is 9.59 Å². The van der Waals surface area contributed by atoms with Gasteiger partial charge in [-0.25, -0.2) is 9.59 Å². The lowest BCUT2D eigenvalue weighted by Crippen LogP contribution is -2.57. The van der Waals surface area contributed by atoms with E-state index >= 15 is 0 Å². The number of carbonyl (C=O) groups excluding carboxylic acids is 2. The maximum atomic E-state index is 11.9. The van der Waals surface area contributed by atoms with Crippen molar-refractivity contribution in [3.05, 3.63) is 35.9 Å². The Kier molecular flexibility index (Phi) is 5.60. The van der Waals surface area contributed by atoms with E-state index in [1.54, 1.807) is 7.11 Å². The molecule has 0 aromatic heterocycles. The van der Waals surface area contributed by atoms with Crippen LogP contribution >= 0.6 is 0 Å². The van der Waals surface area contributed by atoms with Crippen molar-refractivity contribution in [2.45, 2.75) is 25.2 Å². The molecule has 0 spiro atoms. The van der Waals surface area contributed by atoms with Crippen LogP contribution in [0.15, 0.2) is 30.3 Å². The van der Waals surface area contributed by atoms with Crippen LogP contribution in [0.2, 0.25) is 0 Å². The van der Waals surface area contributed by atoms with Gasteiger partial charge in [-0.15, -0.1) is 0 Å². The molecule has 7 nitrogen and oxygen atoms in total. The number of likely N-dealkylation sites (tertiary alicyclic amines) is 1. The average molecular weight is 307 g/mol. The number of nitrogens with zero attached hydrogens (tertiary/aromatic N) is 1. The van der Waals surface area contributed by atoms with Crippen molar-refractivity contribution in [1.29, 1.82) is 0 Å². The molecule has 3 amide bonds. The van der Waals surface area contributed by atoms with E-state index in [0.717, 1.165) is 5.56 Å². The molecule has 3 N–H and O–H groups in total. The molecular weight excluding hydrogens is 286 g/mol. The summed E-state index contributed by atoms with van der Waals surface area (Å²) in [5.41, 5.74) is 6.18. The van der Waals surface area contributed by atoms with Gasteiger partial charge in [0.25, 0.3) is 0 Å². The minimum Gasteiger partial charge on any atom is -0.445 e. The summed E-state index contributed by atoms with van der Waals surface area (Å²) < 4.78 is 10.5. The third kappa shape index (κ3) is 4.36. The number of alkyl carbamates (subject to hydrolysis) is 1. The number of nitrogens with one attached hydrogen (secondary N) is 1. The van der Waals surface area contributed by atoms with E-state index in [4.69, 9.17) is 15.2 Å². The Labute approximate surface area is 129 Å². The molecule has 22 heavy (non-hydrogen) atoms. The number of methoxy groups -OCH3 is 1. The molecule has 1 aromatic rings. The lowest BCUT2D eigenvalue weighted by molar-refractivity contribution is 0.0173. The van der Waals surface area contributed by atoms with Gasteiger partial charge in [0.15, 0.2) is 0 Å². The molecule has 0 saturated carbocycles. The van der Waals surface area contributed by atoms with Gasteiger partial charge in [0.05, 0.1) is 18.7 Å². The van der Waals surface area contributed by atoms with Crippen LogP contribution < -0.4 is 11.1 Å². The first kappa shape index (κ1) is 16.1. The smallest absolute Gasteiger partial charge is 0.407 e. The molecule has 1 heterocycles. The van der Waals surface area contributed by atoms with E-state index in [1.165, 1.54) is 4.90 Å². The third-order valence-corrected chi connectivity index (χ3v) is 3.69. The zero-order chi connectivity index (χ0) is 15.9. The molecule has 1 aliphatic rings. The second kappa shape index (κ2) is 7.65. The number of primary amides is 1. The Bertz CT molecular complexity index is 509. The predicted molar refractivity (Wildman–Crippen MR) is 80.1 cm³/mol. The lowest BCUT2D eigenvalue weighted by atomic mass is 10.0. The second-order valence-electron chi connectivity index (χ2n) is 5.16. The number of ether oxygens (including phenoxy) is 2. The van der Waals surface area contributed by atoms with E-state index < -0.39 is 12.1 Å². The van der Waals surface area contributed by atoms with E-state index in [0.29, 0.717) is 19.5 Å². The van der Waals surface area contributed by atoms with Gasteiger partial charge < -0.3 is 25.4 Å². The van der Waals surface area contributed by atoms with Crippen LogP contribution in [0.25, 0.3) is 0 Å². The Morgan fingerprint density at radius 2 is 2.09 bits per heavy atom. The van der Waals surface area contributed by atoms with Crippen LogP contribution in [0.3, 0.4) is 0 Å². The Balaban J connectivity index is 1.81. The molecule has 1 saturated heterocycles. The zero-order valence-electron chi connectivity index (χ0n) is 12.5. The number of amides is 3. The summed E-state index contributed by atoms with van der Waals surface area (Å²) in [4.78, 5) is 24.6. The van der Waals surface area contributed by atoms with Gasteiger partial charge in [0.2, 0.25) is 0 Å². The average Bonchev–Trinajstić information content (AvgIpc) is 2.54. The summed E-state index contributed by atoms with van der Waals surface area (Å²) >= 11 is 0. The van der Waals surface area contributed by atoms with Crippen molar-refractivity contribution < 1.29 is 19.1 Å². The Hall–Kier alpha value is -2.28. The van der Waals surface area contributed by atoms with Crippen molar-refractivity contribution in [2.24, 2.45) is 5.73 Å². The molecule has 120 valence electrons. The standard InChI is InChI=1S/C15H21N3O4/c1-21-13-9-18(14(16)19)8-7-12(13)17-15(20)22-10-11-5-3-2-4-6-11/h2-6,12-13H,7-10H2,1H3,(H2,16,19)(H,17,20)/t12-,13+/m1/s1. The molecule has 0 radical (unpaired) electrons. The van der Waals surface area contributed by atoms with Crippen LogP contribution in [0.5, 0.6) is 0 Å². The van der Waals surface area contributed by atoms with Crippen LogP contribution in [-0.2, 0) is 16.1 Å². The Morgan fingerprint density at radius 1 is 1.36 bits per heavy atom. The van der Waals surface area contributed by atoms with Gasteiger partial charge in [-0.3, -0.25) is 0 Å². The molecule has 2 atom stereocenters. The highest BCUT2D eigenvalue weighted by Gasteiger charge is 2.32. The first-order valence-corrected chi connectivity index (χ1v) is 7.14. The number of rotatable bonds is 4. The largest absolute Gasteiger partial charge is 0.445 e. The quantitative estimate of drug-likeness (QED) is 0.870. The summed E-state index contributed by atoms with van der Waals surface area (Å²) in [5, 5.41) is 2.78. The van der Waals surface area contributed by atoms with Crippen LogP contribution in [0.4, 0.5) is 9.59 Å². The van der Waals surface area contributed by atoms with Gasteiger partial charge in [0.1, 0.15) is 6.61 Å². The minimum atomic E-state index is -0.497. The Morgan fingerprint density at radius 3 is 2.73 bits per heavy atom. The van der Waals surface area contributed by atoms with Crippen LogP contribution in [0.1, 0.15) is 12.0 Å². The monoisotopic (exact) mass is 307 g/mol. The highest BCUT2D eigenvalue weighted by Crippen LogP contribution is 2.14. The third-order valence-electron chi connectivity index (χ3n) is 3.69. The number of benzene rings is 1. The second-order valence-corrected chi connectivity index (χ2v) is 5.16. The number of hydrogen-bond acceptors (Lipinski definition) is 4. The van der Waals surface area contributed by atoms with Gasteiger partial charge >= 0.3 is 12.1 Å². The van der Waals surface area contributed by atoms with Crippen molar-refractivity contribution in [3.63, 3.8) is 0 Å². The molecule has 0 unspecified atom stereocenters. The highest BCUT2D eigenvalue weighted by molar-refractivity contribution is 5.72. The number of nitrogens with two attached hydrogens (primary N) is 1. The molecule has 0 bridgehead atoms. The summed E-state index contributed by atoms with van der Waals surface area (Å²) in [7, 11) is 1.54. The van der Waals surface area contributed by atoms with E-state index in [1.807, 2.05) is 30.3 Å². The van der Waals surface area contributed by atoms with Gasteiger partial charge in [-0.1, -0.05) is 30.3 Å². The van der Waals surface area contributed by atoms with Crippen molar-refractivity contribution in [2.75, 3.05) is 20.2 Å². The number of carbonyl (C=O) groups is 2. The molecule has 2 rings (SSSR count). The van der Waals surface area contributed by atoms with Crippen LogP contribution in [0, 0.1) is 0 Å². The fourth-order valence-electron chi connectivity index (χ4n) is 2.44. The minimum absolute atomic E-state index is 0.205. The van der Waals surface area contributed by atoms with E-state index in [2.05, 4.69) is 5.32 Å². The molecule has 1 aromatic carbocycles. The van der Waals surface area contributed by atoms with Gasteiger partial charge in [-0.05, 0) is 12.0 Å². The normalized spacial score (nSPS) is 21.2. The maximum absolute atomic E-state index is 11.9. The fraction of sp³-hybridized carbons (Fsp3) is 0.467. The SMILES string of the molecule is CO[C@H]1CN(C(N)=O)CC[C@H]1NC(=O)OCc1ccccc1. The number of piperidine rings is 1.